The average molecular weight is 507 g/mol. The van der Waals surface area contributed by atoms with Crippen molar-refractivity contribution in [2.24, 2.45) is 5.92 Å². The fraction of sp³-hybridized carbons (Fsp3) is 0.500. The Bertz CT molecular complexity index is 1130. The van der Waals surface area contributed by atoms with Crippen LogP contribution in [0.2, 0.25) is 5.02 Å². The third-order valence-electron chi connectivity index (χ3n) is 6.45. The molecule has 1 amide bonds. The van der Waals surface area contributed by atoms with E-state index < -0.39 is 10.0 Å². The Morgan fingerprint density at radius 2 is 1.94 bits per heavy atom. The molecule has 6 nitrogen and oxygen atoms in total. The number of amides is 1. The number of rotatable bonds is 8. The van der Waals surface area contributed by atoms with Crippen molar-refractivity contribution >= 4 is 27.5 Å². The third-order valence-corrected chi connectivity index (χ3v) is 8.50. The maximum absolute atomic E-state index is 13.1. The standard InChI is InChI=1S/C26H35ClN2O4S/c1-17(2)23-14-24(18(3)12-25(23)33-5)19(4)28-26(30)21-9-7-11-29(15-21)34(31,32)16-20-8-6-10-22(27)13-20/h6,8,10,12-14,17,19,21H,7,9,11,15-16H2,1-5H3,(H,28,30)/t19-,21+/m0/s1. The minimum atomic E-state index is -3.55. The molecular formula is C26H35ClN2O4S. The average Bonchev–Trinajstić information content (AvgIpc) is 2.78. The molecule has 186 valence electrons. The summed E-state index contributed by atoms with van der Waals surface area (Å²) in [5, 5.41) is 3.63. The summed E-state index contributed by atoms with van der Waals surface area (Å²) in [5.41, 5.74) is 3.83. The van der Waals surface area contributed by atoms with E-state index in [1.165, 1.54) is 4.31 Å². The van der Waals surface area contributed by atoms with E-state index in [1.807, 2.05) is 19.9 Å². The van der Waals surface area contributed by atoms with Crippen molar-refractivity contribution in [1.29, 1.82) is 0 Å². The number of methoxy groups -OCH3 is 1. The predicted molar refractivity (Wildman–Crippen MR) is 137 cm³/mol. The predicted octanol–water partition coefficient (Wildman–Crippen LogP) is 5.20. The molecule has 0 spiro atoms. The van der Waals surface area contributed by atoms with E-state index in [2.05, 4.69) is 25.2 Å². The van der Waals surface area contributed by atoms with Gasteiger partial charge in [0.05, 0.1) is 24.8 Å². The number of nitrogens with zero attached hydrogens (tertiary/aromatic N) is 1. The number of aryl methyl sites for hydroxylation is 1. The highest BCUT2D eigenvalue weighted by atomic mass is 35.5. The molecule has 2 aromatic carbocycles. The van der Waals surface area contributed by atoms with Gasteiger partial charge in [-0.3, -0.25) is 4.79 Å². The summed E-state index contributed by atoms with van der Waals surface area (Å²) in [5.74, 6) is 0.516. The normalized spacial score (nSPS) is 18.0. The van der Waals surface area contributed by atoms with E-state index >= 15 is 0 Å². The van der Waals surface area contributed by atoms with Crippen molar-refractivity contribution in [2.75, 3.05) is 20.2 Å². The number of sulfonamides is 1. The van der Waals surface area contributed by atoms with Gasteiger partial charge in [0.1, 0.15) is 5.75 Å². The topological polar surface area (TPSA) is 75.7 Å². The van der Waals surface area contributed by atoms with Crippen molar-refractivity contribution in [3.63, 3.8) is 0 Å². The smallest absolute Gasteiger partial charge is 0.224 e. The van der Waals surface area contributed by atoms with Gasteiger partial charge in [-0.25, -0.2) is 12.7 Å². The van der Waals surface area contributed by atoms with Crippen LogP contribution in [0.4, 0.5) is 0 Å². The van der Waals surface area contributed by atoms with Crippen LogP contribution in [-0.2, 0) is 20.6 Å². The summed E-state index contributed by atoms with van der Waals surface area (Å²) in [6.45, 7) is 8.82. The van der Waals surface area contributed by atoms with Gasteiger partial charge in [-0.2, -0.15) is 0 Å². The van der Waals surface area contributed by atoms with Crippen molar-refractivity contribution in [3.05, 3.63) is 63.7 Å². The molecule has 1 heterocycles. The Labute approximate surface area is 208 Å². The van der Waals surface area contributed by atoms with E-state index in [4.69, 9.17) is 16.3 Å². The first-order valence-electron chi connectivity index (χ1n) is 11.7. The molecule has 3 rings (SSSR count). The van der Waals surface area contributed by atoms with E-state index in [1.54, 1.807) is 31.4 Å². The first-order chi connectivity index (χ1) is 16.0. The number of benzene rings is 2. The summed E-state index contributed by atoms with van der Waals surface area (Å²) in [6, 6.07) is 10.8. The molecule has 0 aliphatic carbocycles. The Hall–Kier alpha value is -2.09. The van der Waals surface area contributed by atoms with Crippen LogP contribution in [0.5, 0.6) is 5.75 Å². The molecule has 0 unspecified atom stereocenters. The molecule has 0 aromatic heterocycles. The summed E-state index contributed by atoms with van der Waals surface area (Å²) < 4.78 is 33.0. The summed E-state index contributed by atoms with van der Waals surface area (Å²) in [4.78, 5) is 13.1. The molecule has 1 aliphatic heterocycles. The van der Waals surface area contributed by atoms with E-state index in [9.17, 15) is 13.2 Å². The second-order valence-electron chi connectivity index (χ2n) is 9.42. The zero-order valence-corrected chi connectivity index (χ0v) is 22.2. The molecular weight excluding hydrogens is 472 g/mol. The molecule has 1 saturated heterocycles. The zero-order valence-electron chi connectivity index (χ0n) is 20.6. The quantitative estimate of drug-likeness (QED) is 0.534. The van der Waals surface area contributed by atoms with Gasteiger partial charge in [0.2, 0.25) is 15.9 Å². The van der Waals surface area contributed by atoms with Gasteiger partial charge in [-0.15, -0.1) is 0 Å². The second kappa shape index (κ2) is 11.1. The van der Waals surface area contributed by atoms with Crippen LogP contribution in [0, 0.1) is 12.8 Å². The summed E-state index contributed by atoms with van der Waals surface area (Å²) >= 11 is 6.01. The molecule has 0 bridgehead atoms. The largest absolute Gasteiger partial charge is 0.496 e. The highest BCUT2D eigenvalue weighted by Crippen LogP contribution is 2.32. The van der Waals surface area contributed by atoms with Gasteiger partial charge < -0.3 is 10.1 Å². The number of hydrogen-bond donors (Lipinski definition) is 1. The minimum absolute atomic E-state index is 0.114. The molecule has 0 radical (unpaired) electrons. The lowest BCUT2D eigenvalue weighted by molar-refractivity contribution is -0.126. The fourth-order valence-electron chi connectivity index (χ4n) is 4.56. The van der Waals surface area contributed by atoms with Crippen molar-refractivity contribution in [2.45, 2.75) is 58.2 Å². The van der Waals surface area contributed by atoms with Crippen molar-refractivity contribution < 1.29 is 17.9 Å². The highest BCUT2D eigenvalue weighted by molar-refractivity contribution is 7.88. The van der Waals surface area contributed by atoms with E-state index in [0.717, 1.165) is 22.4 Å². The van der Waals surface area contributed by atoms with Crippen LogP contribution in [-0.4, -0.2) is 38.8 Å². The molecule has 2 aromatic rings. The van der Waals surface area contributed by atoms with Crippen LogP contribution in [0.1, 0.15) is 67.8 Å². The fourth-order valence-corrected chi connectivity index (χ4v) is 6.37. The number of piperidine rings is 1. The number of ether oxygens (including phenoxy) is 1. The van der Waals surface area contributed by atoms with Crippen LogP contribution in [0.25, 0.3) is 0 Å². The molecule has 1 N–H and O–H groups in total. The Balaban J connectivity index is 1.70. The van der Waals surface area contributed by atoms with Crippen LogP contribution in [0.3, 0.4) is 0 Å². The number of hydrogen-bond acceptors (Lipinski definition) is 4. The van der Waals surface area contributed by atoms with Gasteiger partial charge in [0.15, 0.2) is 0 Å². The van der Waals surface area contributed by atoms with E-state index in [0.29, 0.717) is 30.0 Å². The second-order valence-corrected chi connectivity index (χ2v) is 11.8. The molecule has 8 heteroatoms. The van der Waals surface area contributed by atoms with Gasteiger partial charge in [0.25, 0.3) is 0 Å². The van der Waals surface area contributed by atoms with Gasteiger partial charge >= 0.3 is 0 Å². The number of carbonyl (C=O) groups excluding carboxylic acids is 1. The van der Waals surface area contributed by atoms with Crippen LogP contribution < -0.4 is 10.1 Å². The SMILES string of the molecule is COc1cc(C)c([C@H](C)NC(=O)[C@@H]2CCCN(S(=O)(=O)Cc3cccc(Cl)c3)C2)cc1C(C)C. The first-order valence-corrected chi connectivity index (χ1v) is 13.7. The number of nitrogens with one attached hydrogen (secondary N) is 1. The van der Waals surface area contributed by atoms with Crippen LogP contribution >= 0.6 is 11.6 Å². The Morgan fingerprint density at radius 1 is 1.21 bits per heavy atom. The lowest BCUT2D eigenvalue weighted by Gasteiger charge is -2.32. The number of halogens is 1. The van der Waals surface area contributed by atoms with Crippen molar-refractivity contribution in [3.8, 4) is 5.75 Å². The van der Waals surface area contributed by atoms with Gasteiger partial charge in [0, 0.05) is 18.1 Å². The highest BCUT2D eigenvalue weighted by Gasteiger charge is 2.33. The zero-order chi connectivity index (χ0) is 25.0. The molecule has 34 heavy (non-hydrogen) atoms. The minimum Gasteiger partial charge on any atom is -0.496 e. The molecule has 1 fully saturated rings. The third kappa shape index (κ3) is 6.32. The monoisotopic (exact) mass is 506 g/mol. The Morgan fingerprint density at radius 3 is 2.59 bits per heavy atom. The molecule has 2 atom stereocenters. The summed E-state index contributed by atoms with van der Waals surface area (Å²) in [6.07, 6.45) is 1.32. The maximum atomic E-state index is 13.1. The van der Waals surface area contributed by atoms with E-state index in [-0.39, 0.29) is 36.1 Å². The van der Waals surface area contributed by atoms with Crippen molar-refractivity contribution in [1.82, 2.24) is 9.62 Å². The van der Waals surface area contributed by atoms with Crippen LogP contribution in [0.15, 0.2) is 36.4 Å². The van der Waals surface area contributed by atoms with Gasteiger partial charge in [-0.05, 0) is 79.1 Å². The summed E-state index contributed by atoms with van der Waals surface area (Å²) in [7, 11) is -1.88. The lowest BCUT2D eigenvalue weighted by atomic mass is 9.92. The Kier molecular flexibility index (Phi) is 8.66. The van der Waals surface area contributed by atoms with Gasteiger partial charge in [-0.1, -0.05) is 37.6 Å². The first kappa shape index (κ1) is 26.5. The lowest BCUT2D eigenvalue weighted by Crippen LogP contribution is -2.46. The maximum Gasteiger partial charge on any atom is 0.224 e. The number of carbonyl (C=O) groups is 1. The molecule has 0 saturated carbocycles. The molecule has 1 aliphatic rings.